The topological polar surface area (TPSA) is 122 Å². The van der Waals surface area contributed by atoms with Gasteiger partial charge in [-0.05, 0) is 24.1 Å². The molecule has 0 unspecified atom stereocenters. The SMILES string of the molecule is O=C(Cc1cc(=O)[nH]c(SCC(=O)Nc2ccc3c(c2)OCO3)n1)NCCc1ccccc1. The molecule has 0 fully saturated rings. The van der Waals surface area contributed by atoms with Crippen LogP contribution in [0.2, 0.25) is 0 Å². The molecule has 9 nitrogen and oxygen atoms in total. The molecule has 1 aromatic heterocycles. The van der Waals surface area contributed by atoms with E-state index in [1.54, 1.807) is 18.2 Å². The molecule has 33 heavy (non-hydrogen) atoms. The molecule has 0 bridgehead atoms. The lowest BCUT2D eigenvalue weighted by Gasteiger charge is -2.07. The Bertz CT molecular complexity index is 1200. The number of amides is 2. The number of carbonyl (C=O) groups excluding carboxylic acids is 2. The van der Waals surface area contributed by atoms with Crippen molar-refractivity contribution in [3.05, 3.63) is 76.2 Å². The number of aromatic nitrogens is 2. The van der Waals surface area contributed by atoms with E-state index >= 15 is 0 Å². The molecule has 3 N–H and O–H groups in total. The molecule has 0 radical (unpaired) electrons. The van der Waals surface area contributed by atoms with Crippen molar-refractivity contribution in [3.8, 4) is 11.5 Å². The molecule has 0 aliphatic carbocycles. The molecular weight excluding hydrogens is 444 g/mol. The van der Waals surface area contributed by atoms with Gasteiger partial charge in [0.25, 0.3) is 5.56 Å². The predicted octanol–water partition coefficient (Wildman–Crippen LogP) is 2.13. The van der Waals surface area contributed by atoms with E-state index in [1.165, 1.54) is 6.07 Å². The van der Waals surface area contributed by atoms with Crippen molar-refractivity contribution in [1.29, 1.82) is 0 Å². The van der Waals surface area contributed by atoms with Crippen LogP contribution in [0, 0.1) is 0 Å². The van der Waals surface area contributed by atoms with E-state index in [4.69, 9.17) is 9.47 Å². The van der Waals surface area contributed by atoms with Gasteiger partial charge < -0.3 is 25.1 Å². The highest BCUT2D eigenvalue weighted by atomic mass is 32.2. The van der Waals surface area contributed by atoms with Crippen LogP contribution < -0.4 is 25.7 Å². The van der Waals surface area contributed by atoms with Gasteiger partial charge in [-0.3, -0.25) is 14.4 Å². The summed E-state index contributed by atoms with van der Waals surface area (Å²) in [6, 6.07) is 16.2. The van der Waals surface area contributed by atoms with Gasteiger partial charge in [0, 0.05) is 24.4 Å². The van der Waals surface area contributed by atoms with Crippen LogP contribution in [0.3, 0.4) is 0 Å². The monoisotopic (exact) mass is 466 g/mol. The summed E-state index contributed by atoms with van der Waals surface area (Å²) < 4.78 is 10.5. The Labute approximate surface area is 193 Å². The van der Waals surface area contributed by atoms with E-state index in [0.717, 1.165) is 23.7 Å². The van der Waals surface area contributed by atoms with Crippen LogP contribution in [0.5, 0.6) is 11.5 Å². The molecule has 2 heterocycles. The predicted molar refractivity (Wildman–Crippen MR) is 124 cm³/mol. The Hall–Kier alpha value is -3.79. The van der Waals surface area contributed by atoms with Gasteiger partial charge in [-0.1, -0.05) is 42.1 Å². The number of thioether (sulfide) groups is 1. The fourth-order valence-corrected chi connectivity index (χ4v) is 3.86. The van der Waals surface area contributed by atoms with Crippen LogP contribution in [0.4, 0.5) is 5.69 Å². The number of rotatable bonds is 9. The zero-order chi connectivity index (χ0) is 23.0. The summed E-state index contributed by atoms with van der Waals surface area (Å²) in [4.78, 5) is 43.4. The first-order valence-corrected chi connectivity index (χ1v) is 11.3. The van der Waals surface area contributed by atoms with Crippen LogP contribution in [-0.2, 0) is 22.4 Å². The summed E-state index contributed by atoms with van der Waals surface area (Å²) in [5, 5.41) is 5.87. The number of carbonyl (C=O) groups is 2. The van der Waals surface area contributed by atoms with Gasteiger partial charge in [0.1, 0.15) is 0 Å². The zero-order valence-corrected chi connectivity index (χ0v) is 18.4. The molecule has 4 rings (SSSR count). The third-order valence-corrected chi connectivity index (χ3v) is 5.56. The fraction of sp³-hybridized carbons (Fsp3) is 0.217. The van der Waals surface area contributed by atoms with Crippen LogP contribution in [0.1, 0.15) is 11.3 Å². The summed E-state index contributed by atoms with van der Waals surface area (Å²) in [5.41, 5.74) is 1.67. The number of nitrogens with one attached hydrogen (secondary N) is 3. The maximum Gasteiger partial charge on any atom is 0.251 e. The maximum absolute atomic E-state index is 12.3. The number of ether oxygens (including phenoxy) is 2. The lowest BCUT2D eigenvalue weighted by molar-refractivity contribution is -0.120. The van der Waals surface area contributed by atoms with E-state index in [9.17, 15) is 14.4 Å². The normalized spacial score (nSPS) is 11.8. The second kappa shape index (κ2) is 10.7. The third-order valence-electron chi connectivity index (χ3n) is 4.69. The van der Waals surface area contributed by atoms with Crippen LogP contribution in [-0.4, -0.2) is 40.9 Å². The summed E-state index contributed by atoms with van der Waals surface area (Å²) in [6.07, 6.45) is 0.699. The van der Waals surface area contributed by atoms with Gasteiger partial charge in [0.2, 0.25) is 18.6 Å². The molecule has 0 saturated carbocycles. The quantitative estimate of drug-likeness (QED) is 0.326. The van der Waals surface area contributed by atoms with Crippen molar-refractivity contribution >= 4 is 29.3 Å². The standard InChI is InChI=1S/C23H22N4O5S/c28-20(24-9-8-15-4-2-1-3-5-15)11-17-12-21(29)27-23(26-17)33-13-22(30)25-16-6-7-18-19(10-16)32-14-31-18/h1-7,10,12H,8-9,11,13-14H2,(H,24,28)(H,25,30)(H,26,27,29). The highest BCUT2D eigenvalue weighted by molar-refractivity contribution is 7.99. The Morgan fingerprint density at radius 2 is 1.85 bits per heavy atom. The first-order valence-electron chi connectivity index (χ1n) is 10.3. The molecule has 10 heteroatoms. The number of fused-ring (bicyclic) bond motifs is 1. The lowest BCUT2D eigenvalue weighted by Crippen LogP contribution is -2.28. The van der Waals surface area contributed by atoms with Crippen molar-refractivity contribution in [3.63, 3.8) is 0 Å². The average molecular weight is 467 g/mol. The van der Waals surface area contributed by atoms with Crippen molar-refractivity contribution in [2.45, 2.75) is 18.0 Å². The second-order valence-corrected chi connectivity index (χ2v) is 8.17. The average Bonchev–Trinajstić information content (AvgIpc) is 3.26. The molecule has 0 atom stereocenters. The summed E-state index contributed by atoms with van der Waals surface area (Å²) in [5.74, 6) is 0.738. The molecule has 0 saturated heterocycles. The minimum Gasteiger partial charge on any atom is -0.454 e. The van der Waals surface area contributed by atoms with Crippen molar-refractivity contribution in [1.82, 2.24) is 15.3 Å². The van der Waals surface area contributed by atoms with Gasteiger partial charge >= 0.3 is 0 Å². The number of aromatic amines is 1. The Morgan fingerprint density at radius 3 is 2.70 bits per heavy atom. The third kappa shape index (κ3) is 6.59. The van der Waals surface area contributed by atoms with Gasteiger partial charge in [-0.25, -0.2) is 4.98 Å². The number of nitrogens with zero attached hydrogens (tertiary/aromatic N) is 1. The maximum atomic E-state index is 12.3. The number of hydrogen-bond acceptors (Lipinski definition) is 7. The van der Waals surface area contributed by atoms with Crippen LogP contribution in [0.25, 0.3) is 0 Å². The minimum atomic E-state index is -0.379. The van der Waals surface area contributed by atoms with Crippen molar-refractivity contribution in [2.75, 3.05) is 24.4 Å². The number of benzene rings is 2. The number of hydrogen-bond donors (Lipinski definition) is 3. The molecule has 2 aromatic carbocycles. The highest BCUT2D eigenvalue weighted by Gasteiger charge is 2.15. The van der Waals surface area contributed by atoms with Crippen molar-refractivity contribution < 1.29 is 19.1 Å². The molecule has 170 valence electrons. The largest absolute Gasteiger partial charge is 0.454 e. The van der Waals surface area contributed by atoms with E-state index in [2.05, 4.69) is 20.6 Å². The number of anilines is 1. The van der Waals surface area contributed by atoms with E-state index in [0.29, 0.717) is 29.4 Å². The Morgan fingerprint density at radius 1 is 1.03 bits per heavy atom. The van der Waals surface area contributed by atoms with Gasteiger partial charge in [0.05, 0.1) is 17.9 Å². The van der Waals surface area contributed by atoms with E-state index in [-0.39, 0.29) is 41.5 Å². The number of H-pyrrole nitrogens is 1. The first-order chi connectivity index (χ1) is 16.0. The second-order valence-electron chi connectivity index (χ2n) is 7.21. The lowest BCUT2D eigenvalue weighted by atomic mass is 10.1. The van der Waals surface area contributed by atoms with Crippen molar-refractivity contribution in [2.24, 2.45) is 0 Å². The van der Waals surface area contributed by atoms with Crippen LogP contribution in [0.15, 0.2) is 64.5 Å². The molecule has 3 aromatic rings. The molecular formula is C23H22N4O5S. The van der Waals surface area contributed by atoms with E-state index in [1.807, 2.05) is 30.3 Å². The highest BCUT2D eigenvalue weighted by Crippen LogP contribution is 2.34. The van der Waals surface area contributed by atoms with Gasteiger partial charge in [-0.2, -0.15) is 0 Å². The van der Waals surface area contributed by atoms with E-state index < -0.39 is 0 Å². The minimum absolute atomic E-state index is 0.0182. The summed E-state index contributed by atoms with van der Waals surface area (Å²) in [7, 11) is 0. The molecule has 0 spiro atoms. The first kappa shape index (κ1) is 22.4. The Kier molecular flexibility index (Phi) is 7.26. The fourth-order valence-electron chi connectivity index (χ4n) is 3.17. The molecule has 2 amide bonds. The summed E-state index contributed by atoms with van der Waals surface area (Å²) in [6.45, 7) is 0.649. The molecule has 1 aliphatic rings. The van der Waals surface area contributed by atoms with Gasteiger partial charge in [-0.15, -0.1) is 0 Å². The molecule has 1 aliphatic heterocycles. The summed E-state index contributed by atoms with van der Waals surface area (Å²) >= 11 is 1.08. The Balaban J connectivity index is 1.26. The van der Waals surface area contributed by atoms with Crippen LogP contribution >= 0.6 is 11.8 Å². The smallest absolute Gasteiger partial charge is 0.251 e. The zero-order valence-electron chi connectivity index (χ0n) is 17.6. The van der Waals surface area contributed by atoms with Gasteiger partial charge in [0.15, 0.2) is 16.7 Å².